The van der Waals surface area contributed by atoms with Crippen LogP contribution in [0.4, 0.5) is 42.4 Å². The van der Waals surface area contributed by atoms with E-state index in [9.17, 15) is 35.5 Å². The molecule has 0 bridgehead atoms. The summed E-state index contributed by atoms with van der Waals surface area (Å²) in [5, 5.41) is 9.82. The van der Waals surface area contributed by atoms with Crippen molar-refractivity contribution < 1.29 is 54.9 Å². The topological polar surface area (TPSA) is 117 Å². The highest BCUT2D eigenvalue weighted by Crippen LogP contribution is 2.30. The number of halogens is 7. The van der Waals surface area contributed by atoms with Crippen molar-refractivity contribution in [3.05, 3.63) is 41.2 Å². The molecule has 0 unspecified atom stereocenters. The molecule has 2 aromatic rings. The maximum Gasteiger partial charge on any atom is 0.490 e. The average Bonchev–Trinajstić information content (AvgIpc) is 2.96. The summed E-state index contributed by atoms with van der Waals surface area (Å²) in [5.74, 6) is -3.68. The number of carbonyl (C=O) groups excluding carboxylic acids is 1. The number of carbonyl (C=O) groups is 2. The van der Waals surface area contributed by atoms with E-state index in [1.54, 1.807) is 11.8 Å². The van der Waals surface area contributed by atoms with Gasteiger partial charge in [-0.1, -0.05) is 0 Å². The predicted molar refractivity (Wildman–Crippen MR) is 138 cm³/mol. The number of hydrogen-bond donors (Lipinski definition) is 2. The number of amides is 1. The minimum absolute atomic E-state index is 0.00963. The number of rotatable bonds is 8. The van der Waals surface area contributed by atoms with E-state index in [4.69, 9.17) is 24.4 Å². The van der Waals surface area contributed by atoms with Crippen LogP contribution in [0.5, 0.6) is 5.75 Å². The van der Waals surface area contributed by atoms with Gasteiger partial charge in [-0.3, -0.25) is 4.79 Å². The van der Waals surface area contributed by atoms with Crippen LogP contribution in [-0.4, -0.2) is 89.9 Å². The smallest absolute Gasteiger partial charge is 0.487 e. The number of ether oxygens (including phenoxy) is 2. The number of benzene rings is 1. The molecule has 2 N–H and O–H groups in total. The van der Waals surface area contributed by atoms with Crippen LogP contribution in [-0.2, 0) is 27.3 Å². The third-order valence-corrected chi connectivity index (χ3v) is 6.60. The van der Waals surface area contributed by atoms with Gasteiger partial charge in [-0.2, -0.15) is 13.2 Å². The number of nitrogens with zero attached hydrogens (tertiary/aromatic N) is 4. The molecule has 4 rings (SSSR count). The summed E-state index contributed by atoms with van der Waals surface area (Å²) in [7, 11) is 1.46. The van der Waals surface area contributed by atoms with Gasteiger partial charge in [0, 0.05) is 52.1 Å². The fourth-order valence-electron chi connectivity index (χ4n) is 4.32. The van der Waals surface area contributed by atoms with Crippen LogP contribution in [0.25, 0.3) is 0 Å². The summed E-state index contributed by atoms with van der Waals surface area (Å²) in [4.78, 5) is 34.3. The summed E-state index contributed by atoms with van der Waals surface area (Å²) in [5.41, 5.74) is 1.27. The normalized spacial score (nSPS) is 16.2. The van der Waals surface area contributed by atoms with Crippen molar-refractivity contribution >= 4 is 23.5 Å². The Morgan fingerprint density at radius 2 is 1.77 bits per heavy atom. The van der Waals surface area contributed by atoms with Gasteiger partial charge in [0.2, 0.25) is 0 Å². The second kappa shape index (κ2) is 14.5. The first-order valence-corrected chi connectivity index (χ1v) is 13.1. The summed E-state index contributed by atoms with van der Waals surface area (Å²) >= 11 is 0. The molecular formula is C26H30F7N5O5. The standard InChI is InChI=1S/C24H29F4N5O3.C2HF3O2/c1-14(35-2)24(34)33-10-7-18-19(13-33)30-22(29-12-21(27)28)23(31-18)32-8-5-16(6-9-32)36-20-4-3-15(25)11-17(20)26;3-2(4,5)1(6)7/h3-4,11,14,16,21H,5-10,12-13H2,1-2H3,(H,29,30);(H,6,7)/t14-;/m1./s1. The van der Waals surface area contributed by atoms with Crippen molar-refractivity contribution in [1.82, 2.24) is 14.9 Å². The first kappa shape index (κ1) is 33.6. The van der Waals surface area contributed by atoms with Gasteiger partial charge in [0.1, 0.15) is 18.0 Å². The number of aliphatic carboxylic acids is 1. The van der Waals surface area contributed by atoms with E-state index in [2.05, 4.69) is 10.3 Å². The zero-order valence-electron chi connectivity index (χ0n) is 23.1. The summed E-state index contributed by atoms with van der Waals surface area (Å²) < 4.78 is 95.7. The number of alkyl halides is 5. The zero-order chi connectivity index (χ0) is 31.9. The van der Waals surface area contributed by atoms with Crippen LogP contribution >= 0.6 is 0 Å². The van der Waals surface area contributed by atoms with Crippen LogP contribution in [0.3, 0.4) is 0 Å². The molecule has 0 spiro atoms. The van der Waals surface area contributed by atoms with Crippen molar-refractivity contribution in [2.24, 2.45) is 0 Å². The number of nitrogens with one attached hydrogen (secondary N) is 1. The molecule has 1 fully saturated rings. The molecule has 2 aliphatic heterocycles. The Balaban J connectivity index is 0.000000646. The second-order valence-corrected chi connectivity index (χ2v) is 9.63. The average molecular weight is 626 g/mol. The SMILES string of the molecule is CO[C@H](C)C(=O)N1CCc2nc(N3CCC(Oc4ccc(F)cc4F)CC3)c(NCC(F)F)nc2C1.O=C(O)C(F)(F)F. The number of fused-ring (bicyclic) bond motifs is 1. The van der Waals surface area contributed by atoms with E-state index < -0.39 is 42.9 Å². The fourth-order valence-corrected chi connectivity index (χ4v) is 4.32. The third kappa shape index (κ3) is 9.30. The highest BCUT2D eigenvalue weighted by Gasteiger charge is 2.38. The van der Waals surface area contributed by atoms with Crippen LogP contribution in [0.1, 0.15) is 31.2 Å². The van der Waals surface area contributed by atoms with Gasteiger partial charge in [-0.25, -0.2) is 32.3 Å². The van der Waals surface area contributed by atoms with Crippen LogP contribution in [0, 0.1) is 11.6 Å². The lowest BCUT2D eigenvalue weighted by molar-refractivity contribution is -0.192. The molecular weight excluding hydrogens is 595 g/mol. The second-order valence-electron chi connectivity index (χ2n) is 9.63. The largest absolute Gasteiger partial charge is 0.490 e. The summed E-state index contributed by atoms with van der Waals surface area (Å²) in [6, 6.07) is 3.18. The first-order chi connectivity index (χ1) is 20.2. The molecule has 0 saturated carbocycles. The quantitative estimate of drug-likeness (QED) is 0.420. The molecule has 10 nitrogen and oxygen atoms in total. The lowest BCUT2D eigenvalue weighted by Crippen LogP contribution is -2.43. The fraction of sp³-hybridized carbons (Fsp3) is 0.538. The van der Waals surface area contributed by atoms with Crippen LogP contribution in [0.15, 0.2) is 18.2 Å². The highest BCUT2D eigenvalue weighted by atomic mass is 19.4. The Morgan fingerprint density at radius 3 is 2.33 bits per heavy atom. The van der Waals surface area contributed by atoms with Gasteiger partial charge in [-0.15, -0.1) is 0 Å². The van der Waals surface area contributed by atoms with Crippen molar-refractivity contribution in [3.8, 4) is 5.75 Å². The van der Waals surface area contributed by atoms with Crippen LogP contribution < -0.4 is 15.0 Å². The monoisotopic (exact) mass is 625 g/mol. The van der Waals surface area contributed by atoms with Gasteiger partial charge in [0.15, 0.2) is 23.2 Å². The lowest BCUT2D eigenvalue weighted by atomic mass is 10.1. The van der Waals surface area contributed by atoms with Crippen LogP contribution in [0.2, 0.25) is 0 Å². The van der Waals surface area contributed by atoms with Gasteiger partial charge in [0.25, 0.3) is 12.3 Å². The van der Waals surface area contributed by atoms with Crippen molar-refractivity contribution in [2.75, 3.05) is 43.5 Å². The number of methoxy groups -OCH3 is 1. The highest BCUT2D eigenvalue weighted by molar-refractivity contribution is 5.80. The Morgan fingerprint density at radius 1 is 1.12 bits per heavy atom. The molecule has 1 saturated heterocycles. The number of anilines is 2. The predicted octanol–water partition coefficient (Wildman–Crippen LogP) is 4.03. The van der Waals surface area contributed by atoms with E-state index in [-0.39, 0.29) is 30.1 Å². The van der Waals surface area contributed by atoms with Gasteiger partial charge < -0.3 is 29.7 Å². The molecule has 0 radical (unpaired) electrons. The molecule has 1 amide bonds. The lowest BCUT2D eigenvalue weighted by Gasteiger charge is -2.35. The van der Waals surface area contributed by atoms with Gasteiger partial charge >= 0.3 is 12.1 Å². The van der Waals surface area contributed by atoms with Crippen molar-refractivity contribution in [1.29, 1.82) is 0 Å². The Labute approximate surface area is 241 Å². The van der Waals surface area contributed by atoms with E-state index >= 15 is 0 Å². The third-order valence-electron chi connectivity index (χ3n) is 6.60. The van der Waals surface area contributed by atoms with Gasteiger partial charge in [0.05, 0.1) is 24.5 Å². The van der Waals surface area contributed by atoms with E-state index in [1.165, 1.54) is 13.2 Å². The molecule has 1 atom stereocenters. The Bertz CT molecular complexity index is 1280. The maximum absolute atomic E-state index is 14.0. The molecule has 1 aromatic heterocycles. The Kier molecular flexibility index (Phi) is 11.4. The maximum atomic E-state index is 14.0. The molecule has 238 valence electrons. The molecule has 2 aliphatic rings. The summed E-state index contributed by atoms with van der Waals surface area (Å²) in [6.07, 6.45) is -7.01. The number of carboxylic acid groups (broad SMARTS) is 1. The number of carboxylic acids is 1. The van der Waals surface area contributed by atoms with E-state index in [1.807, 2.05) is 4.90 Å². The molecule has 43 heavy (non-hydrogen) atoms. The van der Waals surface area contributed by atoms with Crippen molar-refractivity contribution in [3.63, 3.8) is 0 Å². The number of piperidine rings is 1. The molecule has 0 aliphatic carbocycles. The number of hydrogen-bond acceptors (Lipinski definition) is 8. The minimum atomic E-state index is -5.08. The van der Waals surface area contributed by atoms with Crippen molar-refractivity contribution in [2.45, 2.75) is 57.5 Å². The molecule has 3 heterocycles. The summed E-state index contributed by atoms with van der Waals surface area (Å²) in [6.45, 7) is 2.72. The number of aromatic nitrogens is 2. The zero-order valence-corrected chi connectivity index (χ0v) is 23.1. The molecule has 17 heteroatoms. The Hall–Kier alpha value is -3.89. The van der Waals surface area contributed by atoms with Gasteiger partial charge in [-0.05, 0) is 19.1 Å². The first-order valence-electron chi connectivity index (χ1n) is 13.1. The van der Waals surface area contributed by atoms with E-state index in [0.717, 1.165) is 12.1 Å². The minimum Gasteiger partial charge on any atom is -0.487 e. The molecule has 1 aromatic carbocycles. The van der Waals surface area contributed by atoms with E-state index in [0.29, 0.717) is 56.1 Å².